The van der Waals surface area contributed by atoms with Gasteiger partial charge in [-0.25, -0.2) is 0 Å². The predicted molar refractivity (Wildman–Crippen MR) is 388 cm³/mol. The molecule has 36 N–H and O–H groups in total. The van der Waals surface area contributed by atoms with Crippen LogP contribution in [0.2, 0.25) is 0 Å². The molecule has 0 unspecified atom stereocenters. The summed E-state index contributed by atoms with van der Waals surface area (Å²) in [6.45, 7) is -12.0. The number of rotatable bonds is 37. The van der Waals surface area contributed by atoms with Crippen LogP contribution in [0.4, 0.5) is 0 Å². The molecule has 0 saturated carbocycles. The molecule has 58 heteroatoms. The first-order chi connectivity index (χ1) is 60.6. The molecule has 746 valence electrons. The molecule has 0 aromatic rings. The molecule has 0 spiro atoms. The number of hydrogen-bond acceptors (Lipinski definition) is 56. The zero-order valence-corrected chi connectivity index (χ0v) is 67.8. The number of aliphatic hydroxyl groups is 34. The predicted octanol–water partition coefficient (Wildman–Crippen LogP) is -25.1. The molecule has 128 heavy (non-hydrogen) atoms. The molecule has 0 aromatic heterocycles. The van der Waals surface area contributed by atoms with Gasteiger partial charge in [-0.2, -0.15) is 0 Å². The maximum atomic E-state index is 12.9. The fourth-order valence-electron chi connectivity index (χ4n) is 16.0. The molecule has 10 saturated heterocycles. The van der Waals surface area contributed by atoms with E-state index in [2.05, 4.69) is 10.6 Å². The number of aliphatic hydroxyl groups excluding tert-OH is 34. The molecule has 10 fully saturated rings. The van der Waals surface area contributed by atoms with Crippen molar-refractivity contribution < 1.29 is 278 Å². The van der Waals surface area contributed by atoms with Crippen molar-refractivity contribution in [2.75, 3.05) is 79.3 Å². The van der Waals surface area contributed by atoms with Gasteiger partial charge in [0.05, 0.1) is 85.3 Å². The van der Waals surface area contributed by atoms with E-state index in [0.29, 0.717) is 0 Å². The van der Waals surface area contributed by atoms with E-state index in [4.69, 9.17) is 94.7 Å². The normalized spacial score (nSPS) is 49.1. The maximum Gasteiger partial charge on any atom is 0.217 e. The summed E-state index contributed by atoms with van der Waals surface area (Å²) in [5.41, 5.74) is 0. The number of amides is 2. The number of nitrogens with one attached hydrogen (secondary N) is 2. The minimum absolute atomic E-state index is 0.821. The van der Waals surface area contributed by atoms with Crippen LogP contribution >= 0.6 is 0 Å². The number of hydrogen-bond donors (Lipinski definition) is 36. The minimum atomic E-state index is -2.62. The molecule has 0 bridgehead atoms. The standard InChI is InChI=1S/C70H120N2O56/c1-15(83)71-17(3-73)30(86)53(18(85)4-74)121-61-29(72-16(2)84)40(96)54(26(12-82)118-61)122-66-52(108)56(123-64-49(105)42(98)32(88)20(6-76)112-64)39(95)28(120-66)14-110-63-51(107)55(38(94)27(119-63)13-109-62-48(104)41(97)31(87)19(5-75)111-62)124-67-58(45(101)35(91)22(8-78)114-67)126-69-60(47(103)37(93)24(10-80)116-69)128-70-59(46(102)36(92)25(11-81)117-70)127-68-57(44(100)34(90)23(9-79)115-68)125-65-50(106)43(99)33(89)21(7-77)113-65/h17-70,73-82,85-108H,3-14H2,1-2H3,(H,71,83)(H,72,84)/t17-,18+,19+,20+,21+,22+,23+,24+,25+,26+,27+,28+,29+,30+,31+,32+,33+,34+,35+,36+,37+,38+,39+,40+,41-,42-,43-,44-,45-,46-,47-,48-,49-,50-,51-,52-,53+,54+,55-,56-,57-,58-,59-,60-,61-,62-,63-,64+,65+,66-,67+,68+,69+,70+/m0/s1. The van der Waals surface area contributed by atoms with Crippen molar-refractivity contribution in [1.29, 1.82) is 0 Å². The molecule has 0 aliphatic carbocycles. The number of carbonyl (C=O) groups excluding carboxylic acids is 2. The van der Waals surface area contributed by atoms with E-state index in [9.17, 15) is 183 Å². The van der Waals surface area contributed by atoms with E-state index >= 15 is 0 Å². The third kappa shape index (κ3) is 23.4. The summed E-state index contributed by atoms with van der Waals surface area (Å²) in [6, 6.07) is -3.64. The smallest absolute Gasteiger partial charge is 0.217 e. The zero-order chi connectivity index (χ0) is 94.4. The van der Waals surface area contributed by atoms with Gasteiger partial charge >= 0.3 is 0 Å². The highest BCUT2D eigenvalue weighted by Crippen LogP contribution is 2.41. The van der Waals surface area contributed by atoms with Crippen molar-refractivity contribution in [1.82, 2.24) is 10.6 Å². The van der Waals surface area contributed by atoms with Crippen LogP contribution in [-0.4, -0.2) is 596 Å². The van der Waals surface area contributed by atoms with Crippen molar-refractivity contribution in [3.8, 4) is 0 Å². The van der Waals surface area contributed by atoms with Gasteiger partial charge in [-0.05, 0) is 0 Å². The Labute approximate surface area is 723 Å². The van der Waals surface area contributed by atoms with Gasteiger partial charge in [-0.15, -0.1) is 0 Å². The summed E-state index contributed by atoms with van der Waals surface area (Å²) in [4.78, 5) is 25.0. The molecule has 0 radical (unpaired) electrons. The monoisotopic (exact) mass is 1880 g/mol. The first-order valence-corrected chi connectivity index (χ1v) is 40.6. The van der Waals surface area contributed by atoms with Crippen LogP contribution in [0, 0.1) is 0 Å². The molecule has 54 atom stereocenters. The lowest BCUT2D eigenvalue weighted by atomic mass is 9.94. The average Bonchev–Trinajstić information content (AvgIpc) is 0.766. The van der Waals surface area contributed by atoms with Crippen LogP contribution in [0.15, 0.2) is 0 Å². The Balaban J connectivity index is 0.974. The van der Waals surface area contributed by atoms with Gasteiger partial charge in [0.15, 0.2) is 62.9 Å². The highest BCUT2D eigenvalue weighted by molar-refractivity contribution is 5.73. The molecule has 10 rings (SSSR count). The summed E-state index contributed by atoms with van der Waals surface area (Å²) in [7, 11) is 0. The molecular weight excluding hydrogens is 1760 g/mol. The van der Waals surface area contributed by atoms with E-state index in [1.807, 2.05) is 0 Å². The second-order valence-corrected chi connectivity index (χ2v) is 32.1. The first kappa shape index (κ1) is 107. The number of carbonyl (C=O) groups is 2. The van der Waals surface area contributed by atoms with E-state index < -0.39 is 422 Å². The highest BCUT2D eigenvalue weighted by atomic mass is 16.8. The van der Waals surface area contributed by atoms with Gasteiger partial charge in [-0.3, -0.25) is 9.59 Å². The Morgan fingerprint density at radius 1 is 0.266 bits per heavy atom. The minimum Gasteiger partial charge on any atom is -0.394 e. The van der Waals surface area contributed by atoms with Gasteiger partial charge in [0.1, 0.15) is 262 Å². The quantitative estimate of drug-likeness (QED) is 0.0275. The zero-order valence-electron chi connectivity index (χ0n) is 67.8. The highest BCUT2D eigenvalue weighted by Gasteiger charge is 2.62. The Kier molecular flexibility index (Phi) is 39.4. The van der Waals surface area contributed by atoms with Crippen LogP contribution < -0.4 is 10.6 Å². The summed E-state index contributed by atoms with van der Waals surface area (Å²) >= 11 is 0. The van der Waals surface area contributed by atoms with E-state index in [1.54, 1.807) is 0 Å². The molecule has 10 aliphatic heterocycles. The van der Waals surface area contributed by atoms with Crippen molar-refractivity contribution >= 4 is 11.8 Å². The van der Waals surface area contributed by atoms with Gasteiger partial charge < -0.3 is 279 Å². The largest absolute Gasteiger partial charge is 0.394 e. The van der Waals surface area contributed by atoms with Crippen molar-refractivity contribution in [3.63, 3.8) is 0 Å². The molecule has 58 nitrogen and oxygen atoms in total. The van der Waals surface area contributed by atoms with Gasteiger partial charge in [0, 0.05) is 13.8 Å². The Bertz CT molecular complexity index is 3330. The third-order valence-electron chi connectivity index (χ3n) is 23.4. The topological polar surface area (TPSA) is 931 Å². The Hall–Kier alpha value is -3.22. The van der Waals surface area contributed by atoms with E-state index in [1.165, 1.54) is 0 Å². The maximum absolute atomic E-state index is 12.9. The summed E-state index contributed by atoms with van der Waals surface area (Å²) in [5, 5.41) is 382. The first-order valence-electron chi connectivity index (χ1n) is 40.6. The van der Waals surface area contributed by atoms with E-state index in [0.717, 1.165) is 13.8 Å². The number of ether oxygens (including phenoxy) is 20. The van der Waals surface area contributed by atoms with Crippen LogP contribution in [0.3, 0.4) is 0 Å². The van der Waals surface area contributed by atoms with Crippen LogP contribution in [-0.2, 0) is 104 Å². The summed E-state index contributed by atoms with van der Waals surface area (Å²) < 4.78 is 118. The second-order valence-electron chi connectivity index (χ2n) is 32.1. The molecule has 10 aliphatic rings. The lowest BCUT2D eigenvalue weighted by molar-refractivity contribution is -0.417. The summed E-state index contributed by atoms with van der Waals surface area (Å²) in [6.07, 6.45) is -116. The molecular formula is C70H120N2O56. The van der Waals surface area contributed by atoms with Crippen molar-refractivity contribution in [3.05, 3.63) is 0 Å². The average molecular weight is 1890 g/mol. The lowest BCUT2D eigenvalue weighted by Gasteiger charge is -2.51. The fourth-order valence-corrected chi connectivity index (χ4v) is 16.0. The van der Waals surface area contributed by atoms with Crippen LogP contribution in [0.25, 0.3) is 0 Å². The van der Waals surface area contributed by atoms with Crippen LogP contribution in [0.5, 0.6) is 0 Å². The van der Waals surface area contributed by atoms with Gasteiger partial charge in [-0.1, -0.05) is 0 Å². The van der Waals surface area contributed by atoms with Crippen molar-refractivity contribution in [2.45, 2.75) is 345 Å². The lowest BCUT2D eigenvalue weighted by Crippen LogP contribution is -2.69. The molecule has 10 heterocycles. The van der Waals surface area contributed by atoms with Crippen LogP contribution in [0.1, 0.15) is 13.8 Å². The molecule has 0 aromatic carbocycles. The Morgan fingerprint density at radius 3 is 0.867 bits per heavy atom. The van der Waals surface area contributed by atoms with Gasteiger partial charge in [0.2, 0.25) is 11.8 Å². The summed E-state index contributed by atoms with van der Waals surface area (Å²) in [5.74, 6) is -1.81. The van der Waals surface area contributed by atoms with E-state index in [-0.39, 0.29) is 0 Å². The Morgan fingerprint density at radius 2 is 0.531 bits per heavy atom. The third-order valence-corrected chi connectivity index (χ3v) is 23.4. The van der Waals surface area contributed by atoms with Gasteiger partial charge in [0.25, 0.3) is 0 Å². The van der Waals surface area contributed by atoms with Crippen molar-refractivity contribution in [2.24, 2.45) is 0 Å². The fraction of sp³-hybridized carbons (Fsp3) is 0.971. The molecule has 2 amide bonds. The second kappa shape index (κ2) is 47.2. The SMILES string of the molecule is CC(=O)N[C@H]1[C@H](O[C@@H]([C@H](O)[C@H](CO)NC(C)=O)[C@H](O)CO)O[C@H](CO)[C@@H](O[C@@H]2O[C@H](CO[C@H]3O[C@H](CO[C@H]4O[C@H](CO)[C@@H](O)[C@H](O)[C@@H]4O)[C@@H](O)[C@H](O[C@H]4O[C@H](CO)[C@@H](O)[C@H](O)[C@@H]4O[C@H]4O[C@H](CO)[C@@H](O)[C@H](O)[C@@H]4O[C@H]4O[C@H](CO)[C@@H](O)[C@H](O)[C@@H]4O[C@H]4O[C@H](CO)[C@@H](O)[C@H](O)[C@@H]4O[C@H]4O[C@H](CO)[C@@H](O)[C@H](O)[C@@H]4O)[C@@H]3O)[C@@H](O)[C@H](O[C@H]3O[C@H](CO)[C@@H](O)[C@H](O)[C@@H]3O)[C@@H]2O)[C@@H]1O.